The van der Waals surface area contributed by atoms with Gasteiger partial charge in [0.25, 0.3) is 0 Å². The summed E-state index contributed by atoms with van der Waals surface area (Å²) in [6.45, 7) is 6.58. The zero-order valence-electron chi connectivity index (χ0n) is 17.6. The van der Waals surface area contributed by atoms with Gasteiger partial charge in [0.05, 0.1) is 24.5 Å². The minimum Gasteiger partial charge on any atom is -0.496 e. The molecule has 0 radical (unpaired) electrons. The van der Waals surface area contributed by atoms with Crippen molar-refractivity contribution >= 4 is 22.6 Å². The van der Waals surface area contributed by atoms with Crippen LogP contribution in [0, 0.1) is 13.8 Å². The van der Waals surface area contributed by atoms with E-state index in [0.717, 1.165) is 35.3 Å². The maximum atomic E-state index is 13.0. The van der Waals surface area contributed by atoms with E-state index in [0.29, 0.717) is 30.0 Å². The van der Waals surface area contributed by atoms with E-state index in [1.165, 1.54) is 0 Å². The largest absolute Gasteiger partial charge is 0.496 e. The SMILES string of the molecule is COc1cc(C)cc2oc(=O)c(CC(=O)N3CCN(c4ccccc4)CC3)c(C)c12. The molecule has 30 heavy (non-hydrogen) atoms. The van der Waals surface area contributed by atoms with Crippen LogP contribution in [-0.4, -0.2) is 44.1 Å². The van der Waals surface area contributed by atoms with Gasteiger partial charge in [0.15, 0.2) is 0 Å². The molecule has 3 aromatic rings. The van der Waals surface area contributed by atoms with E-state index in [-0.39, 0.29) is 12.3 Å². The van der Waals surface area contributed by atoms with Crippen molar-refractivity contribution in [2.24, 2.45) is 0 Å². The Bertz CT molecular complexity index is 1130. The number of carbonyl (C=O) groups is 1. The number of aryl methyl sites for hydroxylation is 2. The van der Waals surface area contributed by atoms with Crippen LogP contribution in [0.4, 0.5) is 5.69 Å². The lowest BCUT2D eigenvalue weighted by molar-refractivity contribution is -0.130. The molecule has 6 nitrogen and oxygen atoms in total. The Labute approximate surface area is 175 Å². The number of rotatable bonds is 4. The summed E-state index contributed by atoms with van der Waals surface area (Å²) in [6, 6.07) is 13.9. The fourth-order valence-electron chi connectivity index (χ4n) is 4.12. The molecule has 1 aromatic heterocycles. The quantitative estimate of drug-likeness (QED) is 0.622. The summed E-state index contributed by atoms with van der Waals surface area (Å²) in [7, 11) is 1.59. The normalized spacial score (nSPS) is 14.2. The van der Waals surface area contributed by atoms with Gasteiger partial charge >= 0.3 is 5.63 Å². The summed E-state index contributed by atoms with van der Waals surface area (Å²) >= 11 is 0. The van der Waals surface area contributed by atoms with Gasteiger partial charge in [-0.2, -0.15) is 0 Å². The highest BCUT2D eigenvalue weighted by Gasteiger charge is 2.24. The summed E-state index contributed by atoms with van der Waals surface area (Å²) in [5, 5.41) is 0.749. The van der Waals surface area contributed by atoms with Crippen LogP contribution in [0.15, 0.2) is 51.7 Å². The Morgan fingerprint density at radius 2 is 1.77 bits per heavy atom. The summed E-state index contributed by atoms with van der Waals surface area (Å²) in [5.41, 5.74) is 3.29. The number of benzene rings is 2. The molecule has 0 bridgehead atoms. The molecule has 1 fully saturated rings. The smallest absolute Gasteiger partial charge is 0.340 e. The molecule has 1 aliphatic rings. The maximum Gasteiger partial charge on any atom is 0.340 e. The molecule has 0 unspecified atom stereocenters. The van der Waals surface area contributed by atoms with E-state index in [4.69, 9.17) is 9.15 Å². The second-order valence-electron chi connectivity index (χ2n) is 7.71. The second-order valence-corrected chi connectivity index (χ2v) is 7.71. The van der Waals surface area contributed by atoms with Crippen molar-refractivity contribution < 1.29 is 13.9 Å². The van der Waals surface area contributed by atoms with E-state index >= 15 is 0 Å². The molecular weight excluding hydrogens is 380 g/mol. The van der Waals surface area contributed by atoms with Gasteiger partial charge in [-0.15, -0.1) is 0 Å². The molecule has 1 amide bonds. The standard InChI is InChI=1S/C24H26N2O4/c1-16-13-20(29-3)23-17(2)19(24(28)30-21(23)14-16)15-22(27)26-11-9-25(10-12-26)18-7-5-4-6-8-18/h4-8,13-14H,9-12,15H2,1-3H3. The lowest BCUT2D eigenvalue weighted by Gasteiger charge is -2.36. The first-order valence-corrected chi connectivity index (χ1v) is 10.2. The molecule has 0 aliphatic carbocycles. The predicted molar refractivity (Wildman–Crippen MR) is 117 cm³/mol. The van der Waals surface area contributed by atoms with Gasteiger partial charge in [0, 0.05) is 31.9 Å². The van der Waals surface area contributed by atoms with E-state index in [1.54, 1.807) is 7.11 Å². The van der Waals surface area contributed by atoms with Crippen LogP contribution in [0.1, 0.15) is 16.7 Å². The highest BCUT2D eigenvalue weighted by molar-refractivity contribution is 5.89. The fraction of sp³-hybridized carbons (Fsp3) is 0.333. The number of ether oxygens (including phenoxy) is 1. The predicted octanol–water partition coefficient (Wildman–Crippen LogP) is 3.31. The third-order valence-electron chi connectivity index (χ3n) is 5.79. The van der Waals surface area contributed by atoms with Gasteiger partial charge in [-0.05, 0) is 49.2 Å². The van der Waals surface area contributed by atoms with Crippen LogP contribution >= 0.6 is 0 Å². The Kier molecular flexibility index (Phi) is 5.48. The molecule has 6 heteroatoms. The molecular formula is C24H26N2O4. The highest BCUT2D eigenvalue weighted by atomic mass is 16.5. The van der Waals surface area contributed by atoms with Gasteiger partial charge in [0.2, 0.25) is 5.91 Å². The van der Waals surface area contributed by atoms with Crippen molar-refractivity contribution in [2.45, 2.75) is 20.3 Å². The number of piperazine rings is 1. The molecule has 2 heterocycles. The Balaban J connectivity index is 1.54. The molecule has 0 saturated carbocycles. The first kappa shape index (κ1) is 20.0. The first-order chi connectivity index (χ1) is 14.5. The molecule has 2 aromatic carbocycles. The fourth-order valence-corrected chi connectivity index (χ4v) is 4.12. The topological polar surface area (TPSA) is 63.0 Å². The van der Waals surface area contributed by atoms with Crippen LogP contribution in [0.2, 0.25) is 0 Å². The average Bonchev–Trinajstić information content (AvgIpc) is 2.76. The van der Waals surface area contributed by atoms with Crippen molar-refractivity contribution in [3.8, 4) is 5.75 Å². The van der Waals surface area contributed by atoms with Crippen LogP contribution < -0.4 is 15.3 Å². The molecule has 0 atom stereocenters. The van der Waals surface area contributed by atoms with Gasteiger partial charge in [0.1, 0.15) is 11.3 Å². The van der Waals surface area contributed by atoms with Crippen molar-refractivity contribution in [3.05, 3.63) is 69.6 Å². The van der Waals surface area contributed by atoms with E-state index in [1.807, 2.05) is 49.1 Å². The summed E-state index contributed by atoms with van der Waals surface area (Å²) in [5.74, 6) is 0.597. The first-order valence-electron chi connectivity index (χ1n) is 10.2. The van der Waals surface area contributed by atoms with Crippen LogP contribution in [0.25, 0.3) is 11.0 Å². The minimum absolute atomic E-state index is 0.0342. The molecule has 4 rings (SSSR count). The Morgan fingerprint density at radius 3 is 2.43 bits per heavy atom. The van der Waals surface area contributed by atoms with Crippen molar-refractivity contribution in [1.82, 2.24) is 4.90 Å². The lowest BCUT2D eigenvalue weighted by atomic mass is 10.0. The monoisotopic (exact) mass is 406 g/mol. The highest BCUT2D eigenvalue weighted by Crippen LogP contribution is 2.31. The number of para-hydroxylation sites is 1. The number of methoxy groups -OCH3 is 1. The Morgan fingerprint density at radius 1 is 1.07 bits per heavy atom. The summed E-state index contributed by atoms with van der Waals surface area (Å²) < 4.78 is 11.0. The van der Waals surface area contributed by atoms with E-state index in [2.05, 4.69) is 17.0 Å². The molecule has 156 valence electrons. The van der Waals surface area contributed by atoms with E-state index in [9.17, 15) is 9.59 Å². The maximum absolute atomic E-state index is 13.0. The number of hydrogen-bond donors (Lipinski definition) is 0. The van der Waals surface area contributed by atoms with Crippen LogP contribution in [-0.2, 0) is 11.2 Å². The number of amides is 1. The summed E-state index contributed by atoms with van der Waals surface area (Å²) in [6.07, 6.45) is 0.0342. The van der Waals surface area contributed by atoms with Gasteiger partial charge in [-0.1, -0.05) is 18.2 Å². The number of nitrogens with zero attached hydrogens (tertiary/aromatic N) is 2. The molecule has 1 saturated heterocycles. The zero-order chi connectivity index (χ0) is 21.3. The van der Waals surface area contributed by atoms with Gasteiger partial charge in [-0.3, -0.25) is 4.79 Å². The van der Waals surface area contributed by atoms with E-state index < -0.39 is 5.63 Å². The number of hydrogen-bond acceptors (Lipinski definition) is 5. The van der Waals surface area contributed by atoms with Crippen molar-refractivity contribution in [2.75, 3.05) is 38.2 Å². The number of carbonyl (C=O) groups excluding carboxylic acids is 1. The number of fused-ring (bicyclic) bond motifs is 1. The van der Waals surface area contributed by atoms with Crippen molar-refractivity contribution in [1.29, 1.82) is 0 Å². The average molecular weight is 406 g/mol. The molecule has 0 spiro atoms. The van der Waals surface area contributed by atoms with Crippen molar-refractivity contribution in [3.63, 3.8) is 0 Å². The van der Waals surface area contributed by atoms with Gasteiger partial charge < -0.3 is 19.0 Å². The summed E-state index contributed by atoms with van der Waals surface area (Å²) in [4.78, 5) is 29.7. The Hall–Kier alpha value is -3.28. The van der Waals surface area contributed by atoms with Crippen LogP contribution in [0.5, 0.6) is 5.75 Å². The number of anilines is 1. The lowest BCUT2D eigenvalue weighted by Crippen LogP contribution is -2.49. The minimum atomic E-state index is -0.455. The molecule has 0 N–H and O–H groups in total. The van der Waals surface area contributed by atoms with Gasteiger partial charge in [-0.25, -0.2) is 4.79 Å². The third-order valence-corrected chi connectivity index (χ3v) is 5.79. The zero-order valence-corrected chi connectivity index (χ0v) is 17.6. The second kappa shape index (κ2) is 8.22. The van der Waals surface area contributed by atoms with Crippen LogP contribution in [0.3, 0.4) is 0 Å². The molecule has 1 aliphatic heterocycles. The third kappa shape index (κ3) is 3.77.